The third-order valence-corrected chi connectivity index (χ3v) is 7.71. The van der Waals surface area contributed by atoms with E-state index in [0.717, 1.165) is 35.5 Å². The van der Waals surface area contributed by atoms with Crippen molar-refractivity contribution in [2.75, 3.05) is 0 Å². The average Bonchev–Trinajstić information content (AvgIpc) is 3.65. The minimum atomic E-state index is -0.501. The molecular weight excluding hydrogens is 504 g/mol. The summed E-state index contributed by atoms with van der Waals surface area (Å²) in [6.45, 7) is 11.6. The summed E-state index contributed by atoms with van der Waals surface area (Å²) in [5.41, 5.74) is 2.45. The van der Waals surface area contributed by atoms with Crippen LogP contribution in [0.2, 0.25) is 0 Å². The highest BCUT2D eigenvalue weighted by Crippen LogP contribution is 2.29. The molecule has 0 bridgehead atoms. The Bertz CT molecular complexity index is 1430. The van der Waals surface area contributed by atoms with Gasteiger partial charge in [-0.1, -0.05) is 81.4 Å². The lowest BCUT2D eigenvalue weighted by Gasteiger charge is -2.27. The number of hydrogen-bond acceptors (Lipinski definition) is 5. The number of aromatic amines is 2. The molecule has 8 heteroatoms. The number of carbonyl (C=O) groups excluding carboxylic acids is 2. The molecule has 0 radical (unpaired) electrons. The first-order chi connectivity index (χ1) is 19.1. The van der Waals surface area contributed by atoms with Gasteiger partial charge < -0.3 is 14.5 Å². The molecule has 210 valence electrons. The molecule has 0 saturated carbocycles. The second kappa shape index (κ2) is 12.3. The standard InChI is InChI=1S/C32H38N4O4/c1-6-31(3,4)30-34-25(28(37)39-20-23-14-10-8-11-15-23)19-36(30)22-32(5,7-2)26-18-33-27(35-26)29(38)40-21-24-16-12-9-13-17-24/h8-19H,6-7,20-22H2,1-5H3,(H,33,35,38)/p+1. The van der Waals surface area contributed by atoms with Gasteiger partial charge in [-0.2, -0.15) is 0 Å². The minimum absolute atomic E-state index is 0.170. The van der Waals surface area contributed by atoms with Crippen LogP contribution in [0.1, 0.15) is 91.2 Å². The third kappa shape index (κ3) is 6.68. The van der Waals surface area contributed by atoms with Crippen LogP contribution in [0.4, 0.5) is 0 Å². The molecule has 0 saturated heterocycles. The second-order valence-corrected chi connectivity index (χ2v) is 11.1. The van der Waals surface area contributed by atoms with Crippen molar-refractivity contribution >= 4 is 11.9 Å². The Hall–Kier alpha value is -4.20. The van der Waals surface area contributed by atoms with E-state index in [4.69, 9.17) is 9.47 Å². The first-order valence-corrected chi connectivity index (χ1v) is 13.8. The fraction of sp³-hybridized carbons (Fsp3) is 0.375. The van der Waals surface area contributed by atoms with Crippen LogP contribution in [0.5, 0.6) is 0 Å². The first-order valence-electron chi connectivity index (χ1n) is 13.8. The smallest absolute Gasteiger partial charge is 0.382 e. The fourth-order valence-corrected chi connectivity index (χ4v) is 4.49. The van der Waals surface area contributed by atoms with E-state index in [0.29, 0.717) is 12.2 Å². The predicted molar refractivity (Wildman–Crippen MR) is 152 cm³/mol. The van der Waals surface area contributed by atoms with E-state index in [9.17, 15) is 9.59 Å². The van der Waals surface area contributed by atoms with Crippen molar-refractivity contribution < 1.29 is 23.6 Å². The highest BCUT2D eigenvalue weighted by atomic mass is 16.5. The molecule has 0 amide bonds. The van der Waals surface area contributed by atoms with Gasteiger partial charge in [0, 0.05) is 17.3 Å². The van der Waals surface area contributed by atoms with E-state index in [2.05, 4.69) is 54.1 Å². The largest absolute Gasteiger partial charge is 0.455 e. The quantitative estimate of drug-likeness (QED) is 0.174. The molecule has 1 atom stereocenters. The first kappa shape index (κ1) is 28.8. The Morgan fingerprint density at radius 3 is 1.95 bits per heavy atom. The van der Waals surface area contributed by atoms with E-state index >= 15 is 0 Å². The molecule has 4 aromatic rings. The fourth-order valence-electron chi connectivity index (χ4n) is 4.49. The Labute approximate surface area is 235 Å². The summed E-state index contributed by atoms with van der Waals surface area (Å²) in [7, 11) is 0. The molecule has 2 aromatic carbocycles. The lowest BCUT2D eigenvalue weighted by molar-refractivity contribution is -0.714. The van der Waals surface area contributed by atoms with Crippen LogP contribution >= 0.6 is 0 Å². The van der Waals surface area contributed by atoms with Gasteiger partial charge in [0.1, 0.15) is 26.0 Å². The zero-order valence-electron chi connectivity index (χ0n) is 24.0. The van der Waals surface area contributed by atoms with Crippen molar-refractivity contribution in [2.24, 2.45) is 0 Å². The number of imidazole rings is 2. The number of hydrogen-bond donors (Lipinski definition) is 2. The maximum atomic E-state index is 13.0. The molecule has 8 nitrogen and oxygen atoms in total. The number of nitrogens with zero attached hydrogens (tertiary/aromatic N) is 2. The highest BCUT2D eigenvalue weighted by molar-refractivity contribution is 5.86. The van der Waals surface area contributed by atoms with Crippen LogP contribution in [0, 0.1) is 0 Å². The maximum Gasteiger partial charge on any atom is 0.382 e. The number of carbonyl (C=O) groups is 2. The van der Waals surface area contributed by atoms with Gasteiger partial charge >= 0.3 is 11.9 Å². The van der Waals surface area contributed by atoms with Crippen molar-refractivity contribution in [1.29, 1.82) is 0 Å². The van der Waals surface area contributed by atoms with Crippen LogP contribution in [0.3, 0.4) is 0 Å². The van der Waals surface area contributed by atoms with Gasteiger partial charge in [-0.3, -0.25) is 0 Å². The summed E-state index contributed by atoms with van der Waals surface area (Å²) < 4.78 is 13.2. The van der Waals surface area contributed by atoms with Gasteiger partial charge in [-0.25, -0.2) is 24.1 Å². The Balaban J connectivity index is 1.53. The van der Waals surface area contributed by atoms with Crippen LogP contribution in [0.15, 0.2) is 73.1 Å². The van der Waals surface area contributed by atoms with Crippen LogP contribution < -0.4 is 4.57 Å². The van der Waals surface area contributed by atoms with Crippen molar-refractivity contribution in [2.45, 2.75) is 78.0 Å². The van der Waals surface area contributed by atoms with Crippen LogP contribution in [-0.2, 0) is 40.1 Å². The molecular formula is C32H39N4O4+. The minimum Gasteiger partial charge on any atom is -0.455 e. The number of H-pyrrole nitrogens is 2. The van der Waals surface area contributed by atoms with Crippen LogP contribution in [-0.4, -0.2) is 26.9 Å². The van der Waals surface area contributed by atoms with Gasteiger partial charge in [0.15, 0.2) is 0 Å². The van der Waals surface area contributed by atoms with Gasteiger partial charge in [-0.15, -0.1) is 0 Å². The summed E-state index contributed by atoms with van der Waals surface area (Å²) in [5, 5.41) is 0. The maximum absolute atomic E-state index is 13.0. The molecule has 0 aliphatic heterocycles. The van der Waals surface area contributed by atoms with E-state index < -0.39 is 17.4 Å². The Morgan fingerprint density at radius 2 is 1.40 bits per heavy atom. The number of benzene rings is 2. The van der Waals surface area contributed by atoms with Gasteiger partial charge in [0.2, 0.25) is 11.5 Å². The second-order valence-electron chi connectivity index (χ2n) is 11.1. The third-order valence-electron chi connectivity index (χ3n) is 7.71. The summed E-state index contributed by atoms with van der Waals surface area (Å²) in [6.07, 6.45) is 5.18. The zero-order chi connectivity index (χ0) is 28.8. The average molecular weight is 544 g/mol. The lowest BCUT2D eigenvalue weighted by atomic mass is 9.83. The van der Waals surface area contributed by atoms with E-state index in [1.54, 1.807) is 6.20 Å². The molecule has 0 aliphatic carbocycles. The molecule has 2 N–H and O–H groups in total. The Kier molecular flexibility index (Phi) is 8.87. The number of aromatic nitrogens is 4. The molecule has 4 rings (SSSR count). The van der Waals surface area contributed by atoms with Crippen molar-refractivity contribution in [3.63, 3.8) is 0 Å². The summed E-state index contributed by atoms with van der Waals surface area (Å²) in [5.74, 6) is 0.199. The molecule has 2 heterocycles. The van der Waals surface area contributed by atoms with Crippen molar-refractivity contribution in [3.8, 4) is 0 Å². The van der Waals surface area contributed by atoms with Gasteiger partial charge in [-0.05, 0) is 37.8 Å². The number of rotatable bonds is 12. The van der Waals surface area contributed by atoms with Crippen molar-refractivity contribution in [1.82, 2.24) is 15.0 Å². The lowest BCUT2D eigenvalue weighted by Crippen LogP contribution is -2.49. The summed E-state index contributed by atoms with van der Waals surface area (Å²) in [6, 6.07) is 19.2. The zero-order valence-corrected chi connectivity index (χ0v) is 24.0. The molecule has 1 unspecified atom stereocenters. The molecule has 40 heavy (non-hydrogen) atoms. The van der Waals surface area contributed by atoms with Gasteiger partial charge in [0.25, 0.3) is 5.82 Å². The predicted octanol–water partition coefficient (Wildman–Crippen LogP) is 5.79. The van der Waals surface area contributed by atoms with Crippen molar-refractivity contribution in [3.05, 3.63) is 107 Å². The molecule has 0 spiro atoms. The topological polar surface area (TPSA) is 101 Å². The van der Waals surface area contributed by atoms with Crippen LogP contribution in [0.25, 0.3) is 0 Å². The number of ether oxygens (including phenoxy) is 2. The molecule has 0 aliphatic rings. The summed E-state index contributed by atoms with van der Waals surface area (Å²) >= 11 is 0. The number of esters is 2. The normalized spacial score (nSPS) is 13.0. The summed E-state index contributed by atoms with van der Waals surface area (Å²) in [4.78, 5) is 36.6. The van der Waals surface area contributed by atoms with E-state index in [1.165, 1.54) is 0 Å². The van der Waals surface area contributed by atoms with E-state index in [-0.39, 0.29) is 24.5 Å². The molecule has 0 fully saturated rings. The van der Waals surface area contributed by atoms with Gasteiger partial charge in [0.05, 0.1) is 5.41 Å². The molecule has 2 aromatic heterocycles. The highest BCUT2D eigenvalue weighted by Gasteiger charge is 2.38. The van der Waals surface area contributed by atoms with E-state index in [1.807, 2.05) is 66.9 Å². The monoisotopic (exact) mass is 543 g/mol. The Morgan fingerprint density at radius 1 is 0.825 bits per heavy atom. The SMILES string of the molecule is CCC(C)(C)c1[nH]c(C(=O)OCc2ccccc2)c[n+]1CC(C)(CC)c1cnc(C(=O)OCc2ccccc2)[nH]1. The number of nitrogens with one attached hydrogen (secondary N) is 2.